The predicted molar refractivity (Wildman–Crippen MR) is 163 cm³/mol. The second-order valence-electron chi connectivity index (χ2n) is 9.68. The maximum Gasteiger partial charge on any atom is 0.264 e. The molecule has 0 radical (unpaired) electrons. The summed E-state index contributed by atoms with van der Waals surface area (Å²) in [5.74, 6) is -1.13. The quantitative estimate of drug-likeness (QED) is 0.246. The van der Waals surface area contributed by atoms with Crippen molar-refractivity contribution in [2.24, 2.45) is 0 Å². The van der Waals surface area contributed by atoms with Gasteiger partial charge in [-0.3, -0.25) is 13.9 Å². The molecule has 2 amide bonds. The number of nitrogens with one attached hydrogen (secondary N) is 1. The van der Waals surface area contributed by atoms with Crippen molar-refractivity contribution in [1.82, 2.24) is 10.2 Å². The summed E-state index contributed by atoms with van der Waals surface area (Å²) >= 11 is 12.3. The molecule has 0 aliphatic carbocycles. The average molecular weight is 639 g/mol. The molecule has 8 nitrogen and oxygen atoms in total. The number of amides is 2. The molecule has 0 saturated carbocycles. The van der Waals surface area contributed by atoms with Crippen molar-refractivity contribution >= 4 is 50.7 Å². The van der Waals surface area contributed by atoms with Gasteiger partial charge < -0.3 is 15.0 Å². The number of nitrogens with zero attached hydrogens (tertiary/aromatic N) is 2. The van der Waals surface area contributed by atoms with Crippen LogP contribution in [0.25, 0.3) is 0 Å². The van der Waals surface area contributed by atoms with Gasteiger partial charge in [-0.2, -0.15) is 0 Å². The molecule has 0 bridgehead atoms. The Bertz CT molecular complexity index is 1490. The van der Waals surface area contributed by atoms with Crippen LogP contribution in [0.1, 0.15) is 39.2 Å². The fraction of sp³-hybridized carbons (Fsp3) is 0.333. The van der Waals surface area contributed by atoms with Gasteiger partial charge in [-0.1, -0.05) is 43.1 Å². The highest BCUT2D eigenvalue weighted by molar-refractivity contribution is 7.92. The summed E-state index contributed by atoms with van der Waals surface area (Å²) in [5.41, 5.74) is 0.672. The minimum Gasteiger partial charge on any atom is -0.497 e. The highest BCUT2D eigenvalue weighted by Gasteiger charge is 2.34. The maximum absolute atomic E-state index is 14.1. The van der Waals surface area contributed by atoms with Crippen LogP contribution in [-0.2, 0) is 26.2 Å². The highest BCUT2D eigenvalue weighted by Crippen LogP contribution is 2.27. The topological polar surface area (TPSA) is 96.0 Å². The zero-order valence-corrected chi connectivity index (χ0v) is 26.1. The Morgan fingerprint density at radius 1 is 0.952 bits per heavy atom. The predicted octanol–water partition coefficient (Wildman–Crippen LogP) is 6.06. The number of benzene rings is 3. The third-order valence-electron chi connectivity index (χ3n) is 6.76. The number of anilines is 1. The van der Waals surface area contributed by atoms with Crippen molar-refractivity contribution in [3.05, 3.63) is 88.2 Å². The summed E-state index contributed by atoms with van der Waals surface area (Å²) in [4.78, 5) is 28.6. The van der Waals surface area contributed by atoms with Gasteiger partial charge >= 0.3 is 0 Å². The molecule has 0 heterocycles. The third kappa shape index (κ3) is 8.14. The lowest BCUT2D eigenvalue weighted by atomic mass is 10.1. The van der Waals surface area contributed by atoms with Crippen LogP contribution in [-0.4, -0.2) is 50.9 Å². The number of hydrogen-bond acceptors (Lipinski definition) is 5. The smallest absolute Gasteiger partial charge is 0.264 e. The summed E-state index contributed by atoms with van der Waals surface area (Å²) < 4.78 is 47.6. The number of hydrogen-bond donors (Lipinski definition) is 1. The molecule has 0 aromatic heterocycles. The summed E-state index contributed by atoms with van der Waals surface area (Å²) in [6, 6.07) is 14.3. The van der Waals surface area contributed by atoms with Gasteiger partial charge in [-0.25, -0.2) is 12.8 Å². The van der Waals surface area contributed by atoms with Crippen LogP contribution < -0.4 is 14.4 Å². The van der Waals surface area contributed by atoms with Gasteiger partial charge in [0.2, 0.25) is 11.8 Å². The van der Waals surface area contributed by atoms with E-state index in [2.05, 4.69) is 5.32 Å². The van der Waals surface area contributed by atoms with Crippen molar-refractivity contribution in [3.8, 4) is 5.75 Å². The minimum absolute atomic E-state index is 0.0397. The van der Waals surface area contributed by atoms with E-state index in [0.29, 0.717) is 22.8 Å². The van der Waals surface area contributed by atoms with Crippen molar-refractivity contribution in [3.63, 3.8) is 0 Å². The van der Waals surface area contributed by atoms with Gasteiger partial charge in [0.05, 0.1) is 27.7 Å². The van der Waals surface area contributed by atoms with Crippen LogP contribution in [0.2, 0.25) is 10.0 Å². The summed E-state index contributed by atoms with van der Waals surface area (Å²) in [6.07, 6.45) is 0.943. The minimum atomic E-state index is -4.31. The van der Waals surface area contributed by atoms with E-state index >= 15 is 0 Å². The molecule has 226 valence electrons. The van der Waals surface area contributed by atoms with Crippen LogP contribution in [0, 0.1) is 5.82 Å². The summed E-state index contributed by atoms with van der Waals surface area (Å²) in [5, 5.41) is 3.51. The molecule has 3 aromatic rings. The van der Waals surface area contributed by atoms with Gasteiger partial charge in [0.1, 0.15) is 24.2 Å². The maximum atomic E-state index is 14.1. The monoisotopic (exact) mass is 637 g/mol. The zero-order valence-electron chi connectivity index (χ0n) is 23.8. The Morgan fingerprint density at radius 3 is 2.14 bits per heavy atom. The Kier molecular flexibility index (Phi) is 11.6. The molecule has 42 heavy (non-hydrogen) atoms. The number of halogens is 3. The summed E-state index contributed by atoms with van der Waals surface area (Å²) in [7, 11) is -2.86. The number of rotatable bonds is 13. The van der Waals surface area contributed by atoms with E-state index in [1.54, 1.807) is 25.1 Å². The third-order valence-corrected chi connectivity index (χ3v) is 9.29. The lowest BCUT2D eigenvalue weighted by molar-refractivity contribution is -0.140. The number of ether oxygens (including phenoxy) is 1. The van der Waals surface area contributed by atoms with E-state index in [4.69, 9.17) is 27.9 Å². The van der Waals surface area contributed by atoms with Crippen LogP contribution in [0.3, 0.4) is 0 Å². The molecule has 3 aromatic carbocycles. The molecule has 1 N–H and O–H groups in total. The van der Waals surface area contributed by atoms with Crippen LogP contribution in [0.4, 0.5) is 10.1 Å². The fourth-order valence-corrected chi connectivity index (χ4v) is 5.94. The first-order valence-corrected chi connectivity index (χ1v) is 15.6. The molecule has 2 atom stereocenters. The normalized spacial score (nSPS) is 12.7. The molecular formula is C30H34Cl2FN3O5S. The first kappa shape index (κ1) is 33.2. The zero-order chi connectivity index (χ0) is 31.0. The molecule has 0 fully saturated rings. The van der Waals surface area contributed by atoms with E-state index in [-0.39, 0.29) is 40.5 Å². The molecular weight excluding hydrogens is 604 g/mol. The second kappa shape index (κ2) is 14.7. The van der Waals surface area contributed by atoms with E-state index in [1.165, 1.54) is 48.4 Å². The first-order chi connectivity index (χ1) is 19.9. The lowest BCUT2D eigenvalue weighted by Gasteiger charge is -2.33. The number of carbonyl (C=O) groups excluding carboxylic acids is 2. The van der Waals surface area contributed by atoms with Crippen LogP contribution in [0.15, 0.2) is 71.6 Å². The summed E-state index contributed by atoms with van der Waals surface area (Å²) in [6.45, 7) is 4.85. The van der Waals surface area contributed by atoms with Gasteiger partial charge in [0.25, 0.3) is 10.0 Å². The first-order valence-electron chi connectivity index (χ1n) is 13.4. The van der Waals surface area contributed by atoms with Gasteiger partial charge in [0.15, 0.2) is 0 Å². The molecule has 0 aliphatic rings. The highest BCUT2D eigenvalue weighted by atomic mass is 35.5. The van der Waals surface area contributed by atoms with E-state index in [9.17, 15) is 22.4 Å². The standard InChI is InChI=1S/C30H34Cl2FN3O5S/c1-5-20(3)34-30(38)28(6-2)35(18-21-7-16-26(31)27(32)17-21)29(37)19-36(23-10-8-22(33)9-11-23)42(39,40)25-14-12-24(41-4)13-15-25/h7-17,20,28H,5-6,18-19H2,1-4H3,(H,34,38)/t20-,28+/m0/s1. The van der Waals surface area contributed by atoms with Crippen LogP contribution >= 0.6 is 23.2 Å². The molecule has 0 unspecified atom stereocenters. The molecule has 0 aliphatic heterocycles. The Hall–Kier alpha value is -3.34. The van der Waals surface area contributed by atoms with Gasteiger partial charge in [-0.05, 0) is 86.0 Å². The van der Waals surface area contributed by atoms with Gasteiger partial charge in [0, 0.05) is 12.6 Å². The fourth-order valence-electron chi connectivity index (χ4n) is 4.21. The molecule has 3 rings (SSSR count). The van der Waals surface area contributed by atoms with Crippen molar-refractivity contribution in [1.29, 1.82) is 0 Å². The molecule has 0 spiro atoms. The Balaban J connectivity index is 2.07. The van der Waals surface area contributed by atoms with E-state index in [1.807, 2.05) is 13.8 Å². The number of carbonyl (C=O) groups is 2. The van der Waals surface area contributed by atoms with Crippen molar-refractivity contribution in [2.75, 3.05) is 18.0 Å². The van der Waals surface area contributed by atoms with Gasteiger partial charge in [-0.15, -0.1) is 0 Å². The number of methoxy groups -OCH3 is 1. The van der Waals surface area contributed by atoms with E-state index < -0.39 is 34.3 Å². The Morgan fingerprint density at radius 2 is 1.60 bits per heavy atom. The lowest BCUT2D eigenvalue weighted by Crippen LogP contribution is -2.53. The molecule has 12 heteroatoms. The molecule has 0 saturated heterocycles. The Labute approximate surface area is 256 Å². The number of sulfonamides is 1. The van der Waals surface area contributed by atoms with Crippen molar-refractivity contribution in [2.45, 2.75) is 57.1 Å². The van der Waals surface area contributed by atoms with E-state index in [0.717, 1.165) is 16.4 Å². The largest absolute Gasteiger partial charge is 0.497 e. The van der Waals surface area contributed by atoms with Crippen LogP contribution in [0.5, 0.6) is 5.75 Å². The van der Waals surface area contributed by atoms with Crippen molar-refractivity contribution < 1.29 is 27.1 Å². The SMILES string of the molecule is CC[C@H](C(=O)N[C@@H](C)CC)N(Cc1ccc(Cl)c(Cl)c1)C(=O)CN(c1ccc(F)cc1)S(=O)(=O)c1ccc(OC)cc1. The average Bonchev–Trinajstić information content (AvgIpc) is 2.97. The second-order valence-corrected chi connectivity index (χ2v) is 12.4.